The topological polar surface area (TPSA) is 171 Å². The van der Waals surface area contributed by atoms with Crippen LogP contribution in [0.15, 0.2) is 0 Å². The summed E-state index contributed by atoms with van der Waals surface area (Å²) in [5.74, 6) is -3.23. The van der Waals surface area contributed by atoms with Gasteiger partial charge in [0.25, 0.3) is 0 Å². The van der Waals surface area contributed by atoms with Gasteiger partial charge < -0.3 is 31.9 Å². The van der Waals surface area contributed by atoms with Gasteiger partial charge in [-0.3, -0.25) is 14.4 Å². The number of carboxylic acid groups (broad SMARTS) is 1. The first-order valence-corrected chi connectivity index (χ1v) is 10.2. The molecule has 4 atom stereocenters. The first-order valence-electron chi connectivity index (χ1n) is 9.54. The standard InChI is InChI=1S/C18H34N4O6S/c1-9(2)5-11(19)15(24)21-13(7-23)17(26)20-12(6-10(3)4)16(25)22-14(8-29)18(27)28/h9-14,23,29H,5-8,19H2,1-4H3,(H,20,26)(H,21,24)(H,22,25)(H,27,28). The van der Waals surface area contributed by atoms with Crippen molar-refractivity contribution in [2.75, 3.05) is 12.4 Å². The van der Waals surface area contributed by atoms with E-state index in [1.165, 1.54) is 0 Å². The molecule has 0 aliphatic heterocycles. The minimum atomic E-state index is -1.29. The quantitative estimate of drug-likeness (QED) is 0.180. The second kappa shape index (κ2) is 13.4. The Balaban J connectivity index is 5.15. The van der Waals surface area contributed by atoms with E-state index in [0.717, 1.165) is 0 Å². The summed E-state index contributed by atoms with van der Waals surface area (Å²) in [6, 6.07) is -4.37. The van der Waals surface area contributed by atoms with Gasteiger partial charge >= 0.3 is 5.97 Å². The zero-order valence-corrected chi connectivity index (χ0v) is 18.2. The monoisotopic (exact) mass is 434 g/mol. The molecule has 7 N–H and O–H groups in total. The van der Waals surface area contributed by atoms with E-state index in [0.29, 0.717) is 6.42 Å². The zero-order valence-electron chi connectivity index (χ0n) is 17.3. The summed E-state index contributed by atoms with van der Waals surface area (Å²) in [7, 11) is 0. The average molecular weight is 435 g/mol. The summed E-state index contributed by atoms with van der Waals surface area (Å²) in [6.07, 6.45) is 0.639. The number of nitrogens with two attached hydrogens (primary N) is 1. The van der Waals surface area contributed by atoms with Gasteiger partial charge in [-0.2, -0.15) is 12.6 Å². The lowest BCUT2D eigenvalue weighted by atomic mass is 10.0. The molecule has 0 radical (unpaired) electrons. The second-order valence-electron chi connectivity index (χ2n) is 7.75. The summed E-state index contributed by atoms with van der Waals surface area (Å²) in [5.41, 5.74) is 5.78. The lowest BCUT2D eigenvalue weighted by molar-refractivity contribution is -0.141. The number of amides is 3. The molecule has 0 fully saturated rings. The molecule has 4 unspecified atom stereocenters. The Labute approximate surface area is 176 Å². The number of aliphatic hydroxyl groups excluding tert-OH is 1. The second-order valence-corrected chi connectivity index (χ2v) is 8.12. The van der Waals surface area contributed by atoms with Gasteiger partial charge in [-0.25, -0.2) is 4.79 Å². The molecule has 0 heterocycles. The summed E-state index contributed by atoms with van der Waals surface area (Å²) in [4.78, 5) is 48.2. The van der Waals surface area contributed by atoms with Crippen LogP contribution in [0.25, 0.3) is 0 Å². The Morgan fingerprint density at radius 2 is 1.28 bits per heavy atom. The van der Waals surface area contributed by atoms with Crippen LogP contribution in [-0.2, 0) is 19.2 Å². The molecule has 0 aromatic carbocycles. The first-order chi connectivity index (χ1) is 13.4. The van der Waals surface area contributed by atoms with Crippen LogP contribution in [0.4, 0.5) is 0 Å². The number of aliphatic carboxylic acids is 1. The van der Waals surface area contributed by atoms with E-state index in [-0.39, 0.29) is 24.0 Å². The zero-order chi connectivity index (χ0) is 22.7. The Hall–Kier alpha value is -1.85. The van der Waals surface area contributed by atoms with Gasteiger partial charge in [0, 0.05) is 5.75 Å². The average Bonchev–Trinajstić information content (AvgIpc) is 2.61. The van der Waals surface area contributed by atoms with Gasteiger partial charge in [0.05, 0.1) is 12.6 Å². The fraction of sp³-hybridized carbons (Fsp3) is 0.778. The molecule has 10 nitrogen and oxygen atoms in total. The van der Waals surface area contributed by atoms with Crippen molar-refractivity contribution >= 4 is 36.3 Å². The SMILES string of the molecule is CC(C)CC(N)C(=O)NC(CO)C(=O)NC(CC(C)C)C(=O)NC(CS)C(=O)O. The van der Waals surface area contributed by atoms with E-state index in [4.69, 9.17) is 10.8 Å². The van der Waals surface area contributed by atoms with E-state index >= 15 is 0 Å². The fourth-order valence-electron chi connectivity index (χ4n) is 2.52. The molecular formula is C18H34N4O6S. The van der Waals surface area contributed by atoms with Gasteiger partial charge in [0.1, 0.15) is 18.1 Å². The van der Waals surface area contributed by atoms with Crippen LogP contribution >= 0.6 is 12.6 Å². The highest BCUT2D eigenvalue weighted by molar-refractivity contribution is 7.80. The van der Waals surface area contributed by atoms with Gasteiger partial charge in [-0.1, -0.05) is 27.7 Å². The minimum absolute atomic E-state index is 0.00645. The van der Waals surface area contributed by atoms with Crippen molar-refractivity contribution in [3.8, 4) is 0 Å². The van der Waals surface area contributed by atoms with E-state index < -0.39 is 54.5 Å². The normalized spacial score (nSPS) is 15.3. The van der Waals surface area contributed by atoms with Crippen LogP contribution < -0.4 is 21.7 Å². The van der Waals surface area contributed by atoms with Crippen molar-refractivity contribution in [3.63, 3.8) is 0 Å². The number of hydrogen-bond acceptors (Lipinski definition) is 7. The summed E-state index contributed by atoms with van der Waals surface area (Å²) < 4.78 is 0. The highest BCUT2D eigenvalue weighted by Crippen LogP contribution is 2.07. The molecule has 168 valence electrons. The molecule has 0 spiro atoms. The molecule has 0 aliphatic rings. The van der Waals surface area contributed by atoms with E-state index in [1.54, 1.807) is 0 Å². The number of carbonyl (C=O) groups excluding carboxylic acids is 3. The number of thiol groups is 1. The maximum absolute atomic E-state index is 12.5. The molecule has 29 heavy (non-hydrogen) atoms. The van der Waals surface area contributed by atoms with Crippen molar-refractivity contribution in [1.82, 2.24) is 16.0 Å². The van der Waals surface area contributed by atoms with E-state index in [2.05, 4.69) is 28.6 Å². The van der Waals surface area contributed by atoms with E-state index in [1.807, 2.05) is 27.7 Å². The largest absolute Gasteiger partial charge is 0.480 e. The molecule has 0 saturated heterocycles. The molecule has 0 saturated carbocycles. The lowest BCUT2D eigenvalue weighted by Gasteiger charge is -2.25. The molecule has 0 aromatic rings. The Bertz CT molecular complexity index is 573. The number of nitrogens with one attached hydrogen (secondary N) is 3. The fourth-order valence-corrected chi connectivity index (χ4v) is 2.77. The van der Waals surface area contributed by atoms with Crippen molar-refractivity contribution < 1.29 is 29.4 Å². The Morgan fingerprint density at radius 3 is 1.69 bits per heavy atom. The summed E-state index contributed by atoms with van der Waals surface area (Å²) >= 11 is 3.89. The molecule has 0 bridgehead atoms. The minimum Gasteiger partial charge on any atom is -0.480 e. The molecule has 3 amide bonds. The van der Waals surface area contributed by atoms with Crippen LogP contribution in [-0.4, -0.2) is 70.4 Å². The number of carbonyl (C=O) groups is 4. The van der Waals surface area contributed by atoms with Crippen LogP contribution in [0.5, 0.6) is 0 Å². The van der Waals surface area contributed by atoms with E-state index in [9.17, 15) is 24.3 Å². The first kappa shape index (κ1) is 27.1. The number of aliphatic hydroxyl groups is 1. The Kier molecular flexibility index (Phi) is 12.5. The van der Waals surface area contributed by atoms with Crippen molar-refractivity contribution in [1.29, 1.82) is 0 Å². The smallest absolute Gasteiger partial charge is 0.327 e. The summed E-state index contributed by atoms with van der Waals surface area (Å²) in [6.45, 7) is 6.77. The van der Waals surface area contributed by atoms with Gasteiger partial charge in [0.2, 0.25) is 17.7 Å². The van der Waals surface area contributed by atoms with Crippen LogP contribution in [0.1, 0.15) is 40.5 Å². The molecule has 0 rings (SSSR count). The highest BCUT2D eigenvalue weighted by atomic mass is 32.1. The maximum atomic E-state index is 12.5. The van der Waals surface area contributed by atoms with Gasteiger partial charge in [-0.05, 0) is 24.7 Å². The molecule has 0 aliphatic carbocycles. The Morgan fingerprint density at radius 1 is 0.828 bits per heavy atom. The molecule has 0 aromatic heterocycles. The number of rotatable bonds is 13. The third kappa shape index (κ3) is 10.5. The van der Waals surface area contributed by atoms with Gasteiger partial charge in [-0.15, -0.1) is 0 Å². The lowest BCUT2D eigenvalue weighted by Crippen LogP contribution is -2.58. The van der Waals surface area contributed by atoms with Crippen molar-refractivity contribution in [2.45, 2.75) is 64.7 Å². The predicted molar refractivity (Wildman–Crippen MR) is 111 cm³/mol. The van der Waals surface area contributed by atoms with Crippen LogP contribution in [0, 0.1) is 11.8 Å². The van der Waals surface area contributed by atoms with Crippen molar-refractivity contribution in [2.24, 2.45) is 17.6 Å². The number of hydrogen-bond donors (Lipinski definition) is 7. The van der Waals surface area contributed by atoms with Crippen LogP contribution in [0.3, 0.4) is 0 Å². The maximum Gasteiger partial charge on any atom is 0.327 e. The third-order valence-electron chi connectivity index (χ3n) is 4.01. The number of carboxylic acids is 1. The van der Waals surface area contributed by atoms with Crippen molar-refractivity contribution in [3.05, 3.63) is 0 Å². The summed E-state index contributed by atoms with van der Waals surface area (Å²) in [5, 5.41) is 25.7. The molecule has 11 heteroatoms. The van der Waals surface area contributed by atoms with Crippen LogP contribution in [0.2, 0.25) is 0 Å². The van der Waals surface area contributed by atoms with Gasteiger partial charge in [0.15, 0.2) is 0 Å². The molecular weight excluding hydrogens is 400 g/mol. The predicted octanol–water partition coefficient (Wildman–Crippen LogP) is -1.13. The highest BCUT2D eigenvalue weighted by Gasteiger charge is 2.30. The third-order valence-corrected chi connectivity index (χ3v) is 4.38.